The van der Waals surface area contributed by atoms with Crippen LogP contribution in [-0.2, 0) is 9.59 Å². The van der Waals surface area contributed by atoms with Gasteiger partial charge < -0.3 is 5.32 Å². The first-order valence-electron chi connectivity index (χ1n) is 11.3. The predicted octanol–water partition coefficient (Wildman–Crippen LogP) is 4.00. The van der Waals surface area contributed by atoms with E-state index in [9.17, 15) is 19.2 Å². The van der Waals surface area contributed by atoms with Crippen molar-refractivity contribution in [3.05, 3.63) is 88.3 Å². The lowest BCUT2D eigenvalue weighted by atomic mass is 9.95. The van der Waals surface area contributed by atoms with Crippen LogP contribution in [0.25, 0.3) is 16.2 Å². The number of ketones is 2. The van der Waals surface area contributed by atoms with Crippen molar-refractivity contribution in [2.45, 2.75) is 0 Å². The number of imidazole rings is 1. The number of nitrogens with zero attached hydrogens (tertiary/aromatic N) is 4. The van der Waals surface area contributed by atoms with Gasteiger partial charge >= 0.3 is 0 Å². The molecule has 0 fully saturated rings. The van der Waals surface area contributed by atoms with E-state index in [1.807, 2.05) is 0 Å². The van der Waals surface area contributed by atoms with Crippen molar-refractivity contribution in [2.75, 3.05) is 22.5 Å². The van der Waals surface area contributed by atoms with Crippen LogP contribution in [0.15, 0.2) is 77.2 Å². The molecule has 6 rings (SSSR count). The third-order valence-electron chi connectivity index (χ3n) is 5.93. The maximum Gasteiger partial charge on any atom is 0.258 e. The zero-order chi connectivity index (χ0) is 25.5. The van der Waals surface area contributed by atoms with E-state index in [4.69, 9.17) is 4.98 Å². The second-order valence-electron chi connectivity index (χ2n) is 8.16. The number of rotatable bonds is 7. The molecule has 0 saturated heterocycles. The molecular weight excluding hydrogens is 510 g/mol. The Bertz CT molecular complexity index is 1650. The summed E-state index contributed by atoms with van der Waals surface area (Å²) < 4.78 is 1.71. The highest BCUT2D eigenvalue weighted by Gasteiger charge is 2.26. The Morgan fingerprint density at radius 2 is 1.65 bits per heavy atom. The zero-order valence-corrected chi connectivity index (χ0v) is 20.7. The molecule has 1 aliphatic heterocycles. The lowest BCUT2D eigenvalue weighted by Gasteiger charge is -2.15. The summed E-state index contributed by atoms with van der Waals surface area (Å²) in [7, 11) is 0. The highest BCUT2D eigenvalue weighted by atomic mass is 32.2. The Hall–Kier alpha value is -4.35. The first-order valence-corrected chi connectivity index (χ1v) is 13.1. The highest BCUT2D eigenvalue weighted by Crippen LogP contribution is 2.32. The van der Waals surface area contributed by atoms with Crippen molar-refractivity contribution >= 4 is 62.9 Å². The molecule has 2 aromatic heterocycles. The summed E-state index contributed by atoms with van der Waals surface area (Å²) in [4.78, 5) is 56.1. The van der Waals surface area contributed by atoms with Crippen molar-refractivity contribution in [3.8, 4) is 11.3 Å². The Morgan fingerprint density at radius 3 is 2.41 bits per heavy atom. The van der Waals surface area contributed by atoms with Crippen LogP contribution in [0.5, 0.6) is 0 Å². The van der Waals surface area contributed by atoms with Crippen LogP contribution < -0.4 is 10.2 Å². The van der Waals surface area contributed by atoms with Crippen LogP contribution in [0.3, 0.4) is 0 Å². The molecule has 11 heteroatoms. The van der Waals surface area contributed by atoms with Crippen molar-refractivity contribution < 1.29 is 19.2 Å². The van der Waals surface area contributed by atoms with Crippen LogP contribution in [-0.4, -0.2) is 50.3 Å². The summed E-state index contributed by atoms with van der Waals surface area (Å²) in [6.07, 6.45) is 3.90. The molecule has 4 aromatic rings. The number of aromatic nitrogens is 3. The largest absolute Gasteiger partial charge is 0.367 e. The molecule has 37 heavy (non-hydrogen) atoms. The molecule has 2 aromatic carbocycles. The lowest BCUT2D eigenvalue weighted by molar-refractivity contribution is -0.119. The minimum absolute atomic E-state index is 0.141. The van der Waals surface area contributed by atoms with E-state index < -0.39 is 0 Å². The van der Waals surface area contributed by atoms with E-state index in [0.717, 1.165) is 10.5 Å². The minimum Gasteiger partial charge on any atom is -0.367 e. The molecule has 9 nitrogen and oxygen atoms in total. The maximum atomic E-state index is 12.8. The van der Waals surface area contributed by atoms with E-state index in [1.165, 1.54) is 41.3 Å². The second-order valence-corrected chi connectivity index (χ2v) is 10.1. The number of carbonyl (C=O) groups excluding carboxylic acids is 4. The summed E-state index contributed by atoms with van der Waals surface area (Å²) in [5, 5.41) is 7.73. The van der Waals surface area contributed by atoms with Gasteiger partial charge in [-0.15, -0.1) is 11.8 Å². The van der Waals surface area contributed by atoms with Crippen LogP contribution >= 0.6 is 23.1 Å². The number of hydrogen-bond donors (Lipinski definition) is 1. The number of hydrogen-bond acceptors (Lipinski definition) is 9. The van der Waals surface area contributed by atoms with Crippen LogP contribution in [0.1, 0.15) is 20.7 Å². The number of benzene rings is 2. The topological polar surface area (TPSA) is 114 Å². The van der Waals surface area contributed by atoms with Crippen LogP contribution in [0.2, 0.25) is 0 Å². The van der Waals surface area contributed by atoms with Gasteiger partial charge in [0.1, 0.15) is 11.2 Å². The normalized spacial score (nSPS) is 15.0. The first kappa shape index (κ1) is 23.1. The predicted molar refractivity (Wildman–Crippen MR) is 142 cm³/mol. The number of allylic oxidation sites excluding steroid dienone is 2. The number of thioether (sulfide) groups is 1. The maximum absolute atomic E-state index is 12.8. The molecule has 182 valence electrons. The Morgan fingerprint density at radius 1 is 0.919 bits per heavy atom. The minimum atomic E-state index is -0.374. The van der Waals surface area contributed by atoms with Gasteiger partial charge in [0.15, 0.2) is 17.4 Å². The van der Waals surface area contributed by atoms with Gasteiger partial charge in [0, 0.05) is 47.2 Å². The standard InChI is InChI=1S/C26H17N5O4S2/c32-19-13-20(24(35)18-4-2-1-3-17(18)19)36-12-11-27-25-23(29-26-31(25)28-14-37-26)15-5-7-16(8-6-15)30-21(33)9-10-22(30)34/h1-10,13-14,27H,11-12H2. The van der Waals surface area contributed by atoms with Gasteiger partial charge in [-0.05, 0) is 12.1 Å². The molecule has 1 aliphatic carbocycles. The molecule has 0 unspecified atom stereocenters. The summed E-state index contributed by atoms with van der Waals surface area (Å²) in [5.41, 5.74) is 4.51. The Kier molecular flexibility index (Phi) is 5.78. The highest BCUT2D eigenvalue weighted by molar-refractivity contribution is 8.04. The van der Waals surface area contributed by atoms with E-state index in [1.54, 1.807) is 58.6 Å². The van der Waals surface area contributed by atoms with Crippen LogP contribution in [0.4, 0.5) is 11.5 Å². The van der Waals surface area contributed by atoms with Gasteiger partial charge in [-0.2, -0.15) is 9.61 Å². The zero-order valence-electron chi connectivity index (χ0n) is 19.1. The monoisotopic (exact) mass is 527 g/mol. The average molecular weight is 528 g/mol. The molecule has 0 bridgehead atoms. The van der Waals surface area contributed by atoms with Crippen molar-refractivity contribution in [1.29, 1.82) is 0 Å². The Labute approximate surface area is 218 Å². The van der Waals surface area contributed by atoms with Gasteiger partial charge in [-0.25, -0.2) is 9.88 Å². The molecular formula is C26H17N5O4S2. The van der Waals surface area contributed by atoms with Crippen molar-refractivity contribution in [2.24, 2.45) is 0 Å². The van der Waals surface area contributed by atoms with E-state index in [-0.39, 0.29) is 23.4 Å². The molecule has 0 saturated carbocycles. The molecule has 0 radical (unpaired) electrons. The first-order chi connectivity index (χ1) is 18.0. The third-order valence-corrected chi connectivity index (χ3v) is 7.63. The summed E-state index contributed by atoms with van der Waals surface area (Å²) >= 11 is 2.72. The quantitative estimate of drug-likeness (QED) is 0.284. The lowest BCUT2D eigenvalue weighted by Crippen LogP contribution is -2.29. The van der Waals surface area contributed by atoms with E-state index >= 15 is 0 Å². The fourth-order valence-corrected chi connectivity index (χ4v) is 5.68. The number of carbonyl (C=O) groups is 4. The van der Waals surface area contributed by atoms with Gasteiger partial charge in [0.05, 0.1) is 10.6 Å². The number of Topliss-reactive ketones (excluding diaryl/α,β-unsaturated/α-hetero) is 1. The van der Waals surface area contributed by atoms with Crippen LogP contribution in [0, 0.1) is 0 Å². The number of fused-ring (bicyclic) bond motifs is 2. The van der Waals surface area contributed by atoms with E-state index in [2.05, 4.69) is 10.4 Å². The van der Waals surface area contributed by atoms with E-state index in [0.29, 0.717) is 50.5 Å². The fraction of sp³-hybridized carbons (Fsp3) is 0.0769. The molecule has 2 amide bonds. The van der Waals surface area contributed by atoms with Gasteiger partial charge in [-0.1, -0.05) is 47.7 Å². The molecule has 0 atom stereocenters. The SMILES string of the molecule is O=C1C=C(SCCNc2c(-c3ccc(N4C(=O)C=CC4=O)cc3)nc3scnn23)C(=O)c2ccccc21. The summed E-state index contributed by atoms with van der Waals surface area (Å²) in [6, 6.07) is 13.9. The number of imide groups is 1. The number of amides is 2. The number of anilines is 2. The third kappa shape index (κ3) is 4.07. The second kappa shape index (κ2) is 9.26. The number of nitrogens with one attached hydrogen (secondary N) is 1. The molecule has 0 spiro atoms. The van der Waals surface area contributed by atoms with Crippen molar-refractivity contribution in [3.63, 3.8) is 0 Å². The Balaban J connectivity index is 1.18. The van der Waals surface area contributed by atoms with Gasteiger partial charge in [0.2, 0.25) is 4.96 Å². The van der Waals surface area contributed by atoms with Gasteiger partial charge in [-0.3, -0.25) is 19.2 Å². The average Bonchev–Trinajstić information content (AvgIpc) is 3.60. The summed E-state index contributed by atoms with van der Waals surface area (Å²) in [5.74, 6) is 0.170. The smallest absolute Gasteiger partial charge is 0.258 e. The molecule has 2 aliphatic rings. The van der Waals surface area contributed by atoms with Gasteiger partial charge in [0.25, 0.3) is 11.8 Å². The molecule has 1 N–H and O–H groups in total. The van der Waals surface area contributed by atoms with Crippen molar-refractivity contribution in [1.82, 2.24) is 14.6 Å². The fourth-order valence-electron chi connectivity index (χ4n) is 4.20. The molecule has 3 heterocycles. The summed E-state index contributed by atoms with van der Waals surface area (Å²) in [6.45, 7) is 0.490.